The Kier molecular flexibility index (Phi) is 64.0. The zero-order valence-electron chi connectivity index (χ0n) is 58.0. The Balaban J connectivity index is 4.99. The van der Waals surface area contributed by atoms with Crippen molar-refractivity contribution in [2.45, 2.75) is 354 Å². The van der Waals surface area contributed by atoms with Gasteiger partial charge in [0, 0.05) is 12.8 Å². The smallest absolute Gasteiger partial charge is 0.456 e. The molecule has 3 atom stereocenters. The van der Waals surface area contributed by atoms with Gasteiger partial charge in [0.2, 0.25) is 5.91 Å². The van der Waals surface area contributed by atoms with Crippen LogP contribution in [0.5, 0.6) is 0 Å². The van der Waals surface area contributed by atoms with Gasteiger partial charge in [-0.3, -0.25) is 18.6 Å². The van der Waals surface area contributed by atoms with E-state index in [1.165, 1.54) is 212 Å². The molecular weight excluding hydrogens is 1100 g/mol. The average molecular weight is 1240 g/mol. The Morgan fingerprint density at radius 2 is 0.701 bits per heavy atom. The lowest BCUT2D eigenvalue weighted by molar-refractivity contribution is -0.870. The van der Waals surface area contributed by atoms with E-state index in [9.17, 15) is 19.0 Å². The second kappa shape index (κ2) is 66.1. The average Bonchev–Trinajstić information content (AvgIpc) is 3.70. The summed E-state index contributed by atoms with van der Waals surface area (Å²) in [5.41, 5.74) is 0. The van der Waals surface area contributed by atoms with E-state index in [1.54, 1.807) is 0 Å². The molecule has 9 nitrogen and oxygen atoms in total. The van der Waals surface area contributed by atoms with Crippen molar-refractivity contribution < 1.29 is 37.3 Å². The minimum atomic E-state index is -4.46. The molecule has 3 unspecified atom stereocenters. The van der Waals surface area contributed by atoms with Gasteiger partial charge in [-0.15, -0.1) is 0 Å². The number of hydrogen-bond donors (Lipinski definition) is 2. The van der Waals surface area contributed by atoms with Gasteiger partial charge in [-0.1, -0.05) is 305 Å². The quantitative estimate of drug-likeness (QED) is 0.0205. The maximum Gasteiger partial charge on any atom is 0.472 e. The van der Waals surface area contributed by atoms with Crippen LogP contribution in [0.3, 0.4) is 0 Å². The molecule has 0 fully saturated rings. The van der Waals surface area contributed by atoms with Crippen LogP contribution in [-0.4, -0.2) is 74.3 Å². The number of carbonyl (C=O) groups is 2. The van der Waals surface area contributed by atoms with Crippen LogP contribution in [0.1, 0.15) is 342 Å². The molecule has 0 heterocycles. The lowest BCUT2D eigenvalue weighted by Crippen LogP contribution is -2.47. The summed E-state index contributed by atoms with van der Waals surface area (Å²) in [5.74, 6) is -0.504. The zero-order valence-corrected chi connectivity index (χ0v) is 58.9. The number of hydrogen-bond acceptors (Lipinski definition) is 6. The van der Waals surface area contributed by atoms with E-state index < -0.39 is 20.0 Å². The van der Waals surface area contributed by atoms with E-state index in [0.717, 1.165) is 96.3 Å². The molecule has 0 bridgehead atoms. The van der Waals surface area contributed by atoms with Crippen LogP contribution in [0.4, 0.5) is 0 Å². The van der Waals surface area contributed by atoms with Gasteiger partial charge < -0.3 is 19.4 Å². The van der Waals surface area contributed by atoms with Gasteiger partial charge in [-0.05, 0) is 109 Å². The number of quaternary nitrogens is 1. The molecule has 1 amide bonds. The Hall–Kier alpha value is -2.81. The molecular formula is C77H142N2O7P+. The van der Waals surface area contributed by atoms with Crippen LogP contribution in [-0.2, 0) is 27.9 Å². The van der Waals surface area contributed by atoms with E-state index in [-0.39, 0.29) is 31.5 Å². The molecule has 87 heavy (non-hydrogen) atoms. The van der Waals surface area contributed by atoms with E-state index in [4.69, 9.17) is 13.8 Å². The van der Waals surface area contributed by atoms with E-state index in [1.807, 2.05) is 33.3 Å². The Morgan fingerprint density at radius 1 is 0.402 bits per heavy atom. The van der Waals surface area contributed by atoms with E-state index in [2.05, 4.69) is 99.0 Å². The fourth-order valence-corrected chi connectivity index (χ4v) is 11.3. The third kappa shape index (κ3) is 67.4. The molecule has 0 aliphatic rings. The topological polar surface area (TPSA) is 111 Å². The molecule has 0 saturated heterocycles. The van der Waals surface area contributed by atoms with E-state index >= 15 is 0 Å². The lowest BCUT2D eigenvalue weighted by atomic mass is 10.0. The fraction of sp³-hybridized carbons (Fsp3) is 0.792. The van der Waals surface area contributed by atoms with Gasteiger partial charge in [-0.25, -0.2) is 4.57 Å². The second-order valence-electron chi connectivity index (χ2n) is 26.1. The molecule has 0 aromatic heterocycles. The molecule has 0 saturated carbocycles. The standard InChI is InChI=1S/C77H141N2O7P/c1-7-10-13-16-19-22-25-27-29-31-33-35-37-39-41-43-45-47-49-51-54-57-60-63-66-69-76(80)78-74(73-85-87(82,83)84-72-71-79(4,5)6)75(68-65-62-59-56-53-24-21-18-15-12-9-3)86-77(81)70-67-64-61-58-55-52-50-48-46-44-42-40-38-36-34-32-30-28-26-23-20-17-14-11-8-2/h19-20,22-23,27-30,34,36,40,42,65,68,74-75H,7-18,21,24-26,31-33,35,37-39,41,43-64,66-67,69-73H2,1-6H3,(H-,78,80,82,83)/p+1/b22-19-,23-20-,29-27-,30-28-,36-34-,42-40-,68-65+. The Bertz CT molecular complexity index is 1760. The summed E-state index contributed by atoms with van der Waals surface area (Å²) in [5, 5.41) is 3.07. The molecule has 0 aromatic rings. The normalized spacial score (nSPS) is 14.0. The highest BCUT2D eigenvalue weighted by atomic mass is 31.2. The van der Waals surface area contributed by atoms with Gasteiger partial charge in [0.15, 0.2) is 0 Å². The highest BCUT2D eigenvalue weighted by molar-refractivity contribution is 7.47. The van der Waals surface area contributed by atoms with Crippen molar-refractivity contribution in [3.05, 3.63) is 85.1 Å². The van der Waals surface area contributed by atoms with Crippen LogP contribution in [0.25, 0.3) is 0 Å². The largest absolute Gasteiger partial charge is 0.472 e. The summed E-state index contributed by atoms with van der Waals surface area (Å²) >= 11 is 0. The number of nitrogens with zero attached hydrogens (tertiary/aromatic N) is 1. The first kappa shape index (κ1) is 84.2. The highest BCUT2D eigenvalue weighted by Crippen LogP contribution is 2.43. The second-order valence-corrected chi connectivity index (χ2v) is 27.6. The number of carbonyl (C=O) groups excluding carboxylic acids is 2. The molecule has 0 aliphatic heterocycles. The monoisotopic (exact) mass is 1240 g/mol. The number of rotatable bonds is 67. The number of unbranched alkanes of at least 4 members (excludes halogenated alkanes) is 39. The van der Waals surface area contributed by atoms with Crippen molar-refractivity contribution in [2.24, 2.45) is 0 Å². The predicted octanol–water partition coefficient (Wildman–Crippen LogP) is 23.7. The number of likely N-dealkylation sites (N-methyl/N-ethyl adjacent to an activating group) is 1. The fourth-order valence-electron chi connectivity index (χ4n) is 10.6. The van der Waals surface area contributed by atoms with Crippen molar-refractivity contribution in [1.82, 2.24) is 5.32 Å². The molecule has 0 radical (unpaired) electrons. The molecule has 0 aliphatic carbocycles. The summed E-state index contributed by atoms with van der Waals surface area (Å²) in [4.78, 5) is 37.9. The lowest BCUT2D eigenvalue weighted by Gasteiger charge is -2.27. The van der Waals surface area contributed by atoms with Crippen LogP contribution >= 0.6 is 7.82 Å². The number of esters is 1. The van der Waals surface area contributed by atoms with Crippen LogP contribution in [0, 0.1) is 0 Å². The first-order valence-corrected chi connectivity index (χ1v) is 38.4. The van der Waals surface area contributed by atoms with Crippen molar-refractivity contribution in [3.63, 3.8) is 0 Å². The van der Waals surface area contributed by atoms with E-state index in [0.29, 0.717) is 17.4 Å². The van der Waals surface area contributed by atoms with Crippen molar-refractivity contribution >= 4 is 19.7 Å². The summed E-state index contributed by atoms with van der Waals surface area (Å²) in [6.45, 7) is 6.98. The predicted molar refractivity (Wildman–Crippen MR) is 378 cm³/mol. The number of phosphoric ester groups is 1. The minimum Gasteiger partial charge on any atom is -0.456 e. The summed E-state index contributed by atoms with van der Waals surface area (Å²) < 4.78 is 30.8. The van der Waals surface area contributed by atoms with Crippen molar-refractivity contribution in [3.8, 4) is 0 Å². The van der Waals surface area contributed by atoms with Crippen LogP contribution < -0.4 is 5.32 Å². The molecule has 0 rings (SSSR count). The van der Waals surface area contributed by atoms with Gasteiger partial charge in [0.1, 0.15) is 19.3 Å². The summed E-state index contributed by atoms with van der Waals surface area (Å²) in [6, 6.07) is -0.855. The Morgan fingerprint density at radius 3 is 1.07 bits per heavy atom. The molecule has 2 N–H and O–H groups in total. The van der Waals surface area contributed by atoms with Crippen molar-refractivity contribution in [1.29, 1.82) is 0 Å². The first-order valence-electron chi connectivity index (χ1n) is 36.9. The molecule has 0 aromatic carbocycles. The van der Waals surface area contributed by atoms with Crippen molar-refractivity contribution in [2.75, 3.05) is 40.9 Å². The number of nitrogens with one attached hydrogen (secondary N) is 1. The Labute approximate surface area is 539 Å². The van der Waals surface area contributed by atoms with Gasteiger partial charge in [-0.2, -0.15) is 0 Å². The van der Waals surface area contributed by atoms with Gasteiger partial charge in [0.05, 0.1) is 33.8 Å². The summed E-state index contributed by atoms with van der Waals surface area (Å²) in [7, 11) is 1.49. The van der Waals surface area contributed by atoms with Gasteiger partial charge >= 0.3 is 13.8 Å². The number of phosphoric acid groups is 1. The number of amides is 1. The molecule has 10 heteroatoms. The van der Waals surface area contributed by atoms with Crippen LogP contribution in [0.2, 0.25) is 0 Å². The zero-order chi connectivity index (χ0) is 63.5. The third-order valence-corrected chi connectivity index (χ3v) is 17.3. The number of ether oxygens (including phenoxy) is 1. The number of allylic oxidation sites excluding steroid dienone is 13. The maximum absolute atomic E-state index is 13.6. The van der Waals surface area contributed by atoms with Gasteiger partial charge in [0.25, 0.3) is 0 Å². The first-order chi connectivity index (χ1) is 42.4. The minimum absolute atomic E-state index is 0.0374. The third-order valence-electron chi connectivity index (χ3n) is 16.3. The highest BCUT2D eigenvalue weighted by Gasteiger charge is 2.30. The maximum atomic E-state index is 13.6. The summed E-state index contributed by atoms with van der Waals surface area (Å²) in [6.07, 6.45) is 88.8. The molecule has 0 spiro atoms. The molecule has 506 valence electrons. The SMILES string of the molecule is CCCCC/C=C\C/C=C\C/C=C\C/C=C\CCCCCCCCCCCC(=O)OC(/C=C/CCCCCCCCCCC)C(COP(=O)(O)OCC[N+](C)(C)C)NC(=O)CCCCCCCCCCCCCCCCC/C=C\C/C=C\CCCCC. The van der Waals surface area contributed by atoms with Crippen LogP contribution in [0.15, 0.2) is 85.1 Å².